The molecule has 0 spiro atoms. The summed E-state index contributed by atoms with van der Waals surface area (Å²) in [4.78, 5) is 24.4. The molecule has 0 bridgehead atoms. The molecule has 17 heavy (non-hydrogen) atoms. The maximum atomic E-state index is 11.8. The number of hydrogen-bond donors (Lipinski definition) is 1. The van der Waals surface area contributed by atoms with E-state index in [0.717, 1.165) is 0 Å². The van der Waals surface area contributed by atoms with Crippen LogP contribution >= 0.6 is 11.8 Å². The Hall–Kier alpha value is -1.22. The number of piperidine rings is 1. The van der Waals surface area contributed by atoms with Gasteiger partial charge in [-0.1, -0.05) is 0 Å². The van der Waals surface area contributed by atoms with Crippen LogP contribution in [0.3, 0.4) is 0 Å². The lowest BCUT2D eigenvalue weighted by Crippen LogP contribution is -2.46. The second-order valence-electron chi connectivity index (χ2n) is 4.15. The van der Waals surface area contributed by atoms with Gasteiger partial charge in [-0.05, 0) is 19.8 Å². The van der Waals surface area contributed by atoms with E-state index in [0.29, 0.717) is 30.9 Å². The molecule has 1 aliphatic heterocycles. The second-order valence-corrected chi connectivity index (χ2v) is 5.13. The highest BCUT2D eigenvalue weighted by Crippen LogP contribution is 2.23. The lowest BCUT2D eigenvalue weighted by atomic mass is 9.92. The number of likely N-dealkylation sites (tertiary alicyclic amines) is 1. The van der Waals surface area contributed by atoms with Crippen molar-refractivity contribution in [2.24, 2.45) is 5.92 Å². The van der Waals surface area contributed by atoms with Crippen molar-refractivity contribution in [3.8, 4) is 6.07 Å². The third-order valence-corrected chi connectivity index (χ3v) is 3.72. The number of nitrogens with zero attached hydrogens (tertiary/aromatic N) is 2. The predicted molar refractivity (Wildman–Crippen MR) is 64.5 cm³/mol. The number of aliphatic carboxylic acids is 1. The quantitative estimate of drug-likeness (QED) is 0.757. The van der Waals surface area contributed by atoms with Gasteiger partial charge in [0, 0.05) is 12.6 Å². The van der Waals surface area contributed by atoms with Crippen molar-refractivity contribution >= 4 is 23.6 Å². The second kappa shape index (κ2) is 6.50. The number of nitriles is 1. The van der Waals surface area contributed by atoms with Gasteiger partial charge < -0.3 is 10.0 Å². The maximum Gasteiger partial charge on any atom is 0.306 e. The Morgan fingerprint density at radius 3 is 2.82 bits per heavy atom. The smallest absolute Gasteiger partial charge is 0.306 e. The molecule has 0 aromatic heterocycles. The Bertz CT molecular complexity index is 340. The summed E-state index contributed by atoms with van der Waals surface area (Å²) in [6, 6.07) is 1.95. The molecule has 0 aliphatic carbocycles. The highest BCUT2D eigenvalue weighted by Gasteiger charge is 2.31. The Labute approximate surface area is 105 Å². The molecule has 0 saturated carbocycles. The van der Waals surface area contributed by atoms with Gasteiger partial charge in [-0.2, -0.15) is 5.26 Å². The first kappa shape index (κ1) is 13.8. The van der Waals surface area contributed by atoms with E-state index < -0.39 is 5.97 Å². The molecule has 2 atom stereocenters. The Balaban J connectivity index is 2.43. The number of hydrogen-bond acceptors (Lipinski definition) is 4. The molecule has 1 rings (SSSR count). The summed E-state index contributed by atoms with van der Waals surface area (Å²) in [5.74, 6) is -0.494. The van der Waals surface area contributed by atoms with E-state index in [4.69, 9.17) is 10.4 Å². The van der Waals surface area contributed by atoms with Gasteiger partial charge in [0.15, 0.2) is 0 Å². The van der Waals surface area contributed by atoms with Crippen molar-refractivity contribution in [1.82, 2.24) is 4.90 Å². The average Bonchev–Trinajstić information content (AvgIpc) is 2.28. The molecule has 0 aromatic rings. The number of carboxylic acid groups (broad SMARTS) is 1. The molecule has 5 nitrogen and oxygen atoms in total. The summed E-state index contributed by atoms with van der Waals surface area (Å²) in [7, 11) is 0. The lowest BCUT2D eigenvalue weighted by molar-refractivity contribution is -0.146. The molecule has 1 aliphatic rings. The predicted octanol–water partition coefficient (Wildman–Crippen LogP) is 0.955. The zero-order valence-corrected chi connectivity index (χ0v) is 10.6. The number of carboxylic acids is 1. The van der Waals surface area contributed by atoms with Gasteiger partial charge in [0.2, 0.25) is 5.91 Å². The summed E-state index contributed by atoms with van der Waals surface area (Å²) < 4.78 is 0. The van der Waals surface area contributed by atoms with Crippen LogP contribution in [-0.4, -0.2) is 46.0 Å². The van der Waals surface area contributed by atoms with E-state index in [1.165, 1.54) is 11.8 Å². The molecular weight excluding hydrogens is 240 g/mol. The average molecular weight is 256 g/mol. The van der Waals surface area contributed by atoms with Crippen LogP contribution in [0.4, 0.5) is 0 Å². The number of thioether (sulfide) groups is 1. The van der Waals surface area contributed by atoms with E-state index in [9.17, 15) is 9.59 Å². The Morgan fingerprint density at radius 2 is 2.29 bits per heavy atom. The summed E-state index contributed by atoms with van der Waals surface area (Å²) in [6.07, 6.45) is 1.04. The number of carbonyl (C=O) groups is 2. The molecule has 2 unspecified atom stereocenters. The zero-order valence-electron chi connectivity index (χ0n) is 9.76. The molecular formula is C11H16N2O3S. The zero-order chi connectivity index (χ0) is 12.8. The molecule has 6 heteroatoms. The first-order valence-corrected chi connectivity index (χ1v) is 6.68. The number of rotatable bonds is 4. The van der Waals surface area contributed by atoms with Crippen LogP contribution in [0.5, 0.6) is 0 Å². The van der Waals surface area contributed by atoms with Crippen molar-refractivity contribution < 1.29 is 14.7 Å². The third-order valence-electron chi connectivity index (χ3n) is 2.94. The van der Waals surface area contributed by atoms with Gasteiger partial charge in [-0.15, -0.1) is 11.8 Å². The SMILES string of the molecule is CC1CC(C(=O)O)CCN1C(=O)CSCC#N. The molecule has 0 aromatic carbocycles. The van der Waals surface area contributed by atoms with Crippen molar-refractivity contribution in [3.05, 3.63) is 0 Å². The molecule has 0 radical (unpaired) electrons. The van der Waals surface area contributed by atoms with E-state index in [1.807, 2.05) is 13.0 Å². The third kappa shape index (κ3) is 3.93. The number of amides is 1. The van der Waals surface area contributed by atoms with Crippen molar-refractivity contribution in [2.75, 3.05) is 18.1 Å². The maximum absolute atomic E-state index is 11.8. The van der Waals surface area contributed by atoms with E-state index in [-0.39, 0.29) is 17.9 Å². The monoisotopic (exact) mass is 256 g/mol. The first-order chi connectivity index (χ1) is 8.06. The van der Waals surface area contributed by atoms with Gasteiger partial charge in [0.05, 0.1) is 23.5 Å². The standard InChI is InChI=1S/C11H16N2O3S/c1-8-6-9(11(15)16)2-4-13(8)10(14)7-17-5-3-12/h8-9H,2,4-7H2,1H3,(H,15,16). The molecule has 1 saturated heterocycles. The minimum Gasteiger partial charge on any atom is -0.481 e. The van der Waals surface area contributed by atoms with Crippen LogP contribution in [0.2, 0.25) is 0 Å². The van der Waals surface area contributed by atoms with Crippen LogP contribution in [0, 0.1) is 17.2 Å². The van der Waals surface area contributed by atoms with E-state index >= 15 is 0 Å². The molecule has 94 valence electrons. The lowest BCUT2D eigenvalue weighted by Gasteiger charge is -2.36. The summed E-state index contributed by atoms with van der Waals surface area (Å²) >= 11 is 1.30. The summed E-state index contributed by atoms with van der Waals surface area (Å²) in [5.41, 5.74) is 0. The summed E-state index contributed by atoms with van der Waals surface area (Å²) in [6.45, 7) is 2.38. The van der Waals surface area contributed by atoms with Crippen LogP contribution in [0.1, 0.15) is 19.8 Å². The van der Waals surface area contributed by atoms with Crippen LogP contribution < -0.4 is 0 Å². The molecule has 1 amide bonds. The van der Waals surface area contributed by atoms with Gasteiger partial charge in [0.1, 0.15) is 0 Å². The van der Waals surface area contributed by atoms with Gasteiger partial charge in [-0.25, -0.2) is 0 Å². The van der Waals surface area contributed by atoms with Crippen molar-refractivity contribution in [2.45, 2.75) is 25.8 Å². The van der Waals surface area contributed by atoms with Crippen LogP contribution in [0.15, 0.2) is 0 Å². The van der Waals surface area contributed by atoms with Gasteiger partial charge >= 0.3 is 5.97 Å². The molecule has 1 heterocycles. The fraction of sp³-hybridized carbons (Fsp3) is 0.727. The largest absolute Gasteiger partial charge is 0.481 e. The minimum atomic E-state index is -0.775. The van der Waals surface area contributed by atoms with Crippen molar-refractivity contribution in [1.29, 1.82) is 5.26 Å². The summed E-state index contributed by atoms with van der Waals surface area (Å²) in [5, 5.41) is 17.3. The Morgan fingerprint density at radius 1 is 1.59 bits per heavy atom. The number of carbonyl (C=O) groups excluding carboxylic acids is 1. The van der Waals surface area contributed by atoms with E-state index in [1.54, 1.807) is 4.90 Å². The van der Waals surface area contributed by atoms with E-state index in [2.05, 4.69) is 0 Å². The fourth-order valence-electron chi connectivity index (χ4n) is 2.03. The normalized spacial score (nSPS) is 24.1. The van der Waals surface area contributed by atoms with Crippen LogP contribution in [-0.2, 0) is 9.59 Å². The first-order valence-electron chi connectivity index (χ1n) is 5.53. The van der Waals surface area contributed by atoms with Crippen LogP contribution in [0.25, 0.3) is 0 Å². The van der Waals surface area contributed by atoms with Gasteiger partial charge in [-0.3, -0.25) is 9.59 Å². The highest BCUT2D eigenvalue weighted by atomic mass is 32.2. The van der Waals surface area contributed by atoms with Gasteiger partial charge in [0.25, 0.3) is 0 Å². The van der Waals surface area contributed by atoms with Crippen molar-refractivity contribution in [3.63, 3.8) is 0 Å². The fourth-order valence-corrected chi connectivity index (χ4v) is 2.57. The Kier molecular flexibility index (Phi) is 5.29. The molecule has 1 fully saturated rings. The topological polar surface area (TPSA) is 81.4 Å². The molecule has 1 N–H and O–H groups in total. The minimum absolute atomic E-state index is 0.00147. The highest BCUT2D eigenvalue weighted by molar-refractivity contribution is 8.00.